The number of aliphatic hydroxyl groups is 2. The minimum atomic E-state index is -0.770. The van der Waals surface area contributed by atoms with E-state index in [1.54, 1.807) is 4.57 Å². The number of imidazole rings is 1. The highest BCUT2D eigenvalue weighted by Crippen LogP contribution is 2.30. The minimum absolute atomic E-state index is 0.183. The lowest BCUT2D eigenvalue weighted by molar-refractivity contribution is -0.0433. The number of fused-ring (bicyclic) bond motifs is 3. The van der Waals surface area contributed by atoms with Crippen LogP contribution >= 0.6 is 0 Å². The maximum Gasteiger partial charge on any atom is 0.301 e. The molecule has 1 unspecified atom stereocenters. The third kappa shape index (κ3) is 1.70. The Labute approximate surface area is 116 Å². The van der Waals surface area contributed by atoms with E-state index >= 15 is 0 Å². The predicted molar refractivity (Wildman–Crippen MR) is 68.5 cm³/mol. The number of aromatic amines is 1. The molecule has 0 aliphatic carbocycles. The Morgan fingerprint density at radius 3 is 3.14 bits per heavy atom. The van der Waals surface area contributed by atoms with Crippen molar-refractivity contribution in [3.63, 3.8) is 0 Å². The van der Waals surface area contributed by atoms with Crippen LogP contribution in [0.25, 0.3) is 16.8 Å². The Morgan fingerprint density at radius 1 is 1.52 bits per heavy atom. The van der Waals surface area contributed by atoms with Gasteiger partial charge in [0.05, 0.1) is 25.2 Å². The van der Waals surface area contributed by atoms with Crippen molar-refractivity contribution in [2.75, 3.05) is 6.61 Å². The van der Waals surface area contributed by atoms with Crippen molar-refractivity contribution in [2.24, 2.45) is 0 Å². The van der Waals surface area contributed by atoms with Gasteiger partial charge in [-0.05, 0) is 0 Å². The minimum Gasteiger partial charge on any atom is -0.394 e. The van der Waals surface area contributed by atoms with Crippen molar-refractivity contribution in [3.8, 4) is 0 Å². The second-order valence-corrected chi connectivity index (χ2v) is 4.91. The van der Waals surface area contributed by atoms with Crippen LogP contribution in [0, 0.1) is 0 Å². The highest BCUT2D eigenvalue weighted by Gasteiger charge is 2.35. The Balaban J connectivity index is 1.92. The number of nitrogens with zero attached hydrogens (tertiary/aromatic N) is 5. The predicted octanol–water partition coefficient (Wildman–Crippen LogP) is -1.59. The van der Waals surface area contributed by atoms with Crippen LogP contribution in [0.2, 0.25) is 0 Å². The maximum atomic E-state index is 11.9. The summed E-state index contributed by atoms with van der Waals surface area (Å²) in [5.41, 5.74) is 0.550. The van der Waals surface area contributed by atoms with Crippen LogP contribution < -0.4 is 5.56 Å². The van der Waals surface area contributed by atoms with E-state index in [0.717, 1.165) is 0 Å². The topological polar surface area (TPSA) is 131 Å². The Kier molecular flexibility index (Phi) is 2.58. The van der Waals surface area contributed by atoms with Crippen molar-refractivity contribution in [3.05, 3.63) is 22.9 Å². The number of aromatic nitrogens is 6. The van der Waals surface area contributed by atoms with Crippen LogP contribution in [0.4, 0.5) is 0 Å². The Hall–Kier alpha value is -2.30. The molecule has 1 fully saturated rings. The molecule has 0 amide bonds. The molecule has 10 nitrogen and oxygen atoms in total. The molecule has 10 heteroatoms. The molecule has 3 N–H and O–H groups in total. The molecule has 0 aromatic carbocycles. The third-order valence-electron chi connectivity index (χ3n) is 3.66. The highest BCUT2D eigenvalue weighted by atomic mass is 16.5. The van der Waals surface area contributed by atoms with E-state index in [1.807, 2.05) is 0 Å². The zero-order valence-corrected chi connectivity index (χ0v) is 10.7. The SMILES string of the molecule is O=c1nc2cn[nH]n2c2c1ncn2[C@H]1CC(O)[C@@H](CO)O1. The first-order valence-electron chi connectivity index (χ1n) is 6.42. The summed E-state index contributed by atoms with van der Waals surface area (Å²) in [5.74, 6) is 0. The molecule has 3 atom stereocenters. The summed E-state index contributed by atoms with van der Waals surface area (Å²) in [6.45, 7) is -0.273. The molecule has 3 aromatic heterocycles. The summed E-state index contributed by atoms with van der Waals surface area (Å²) in [6.07, 6.45) is 1.24. The van der Waals surface area contributed by atoms with Crippen LogP contribution in [-0.4, -0.2) is 58.4 Å². The van der Waals surface area contributed by atoms with Crippen molar-refractivity contribution >= 4 is 16.8 Å². The van der Waals surface area contributed by atoms with E-state index in [1.165, 1.54) is 17.0 Å². The lowest BCUT2D eigenvalue weighted by Gasteiger charge is -2.14. The van der Waals surface area contributed by atoms with Crippen molar-refractivity contribution in [2.45, 2.75) is 24.9 Å². The van der Waals surface area contributed by atoms with E-state index in [4.69, 9.17) is 9.84 Å². The second kappa shape index (κ2) is 4.35. The zero-order chi connectivity index (χ0) is 14.6. The molecule has 1 saturated heterocycles. The number of nitrogens with one attached hydrogen (secondary N) is 1. The summed E-state index contributed by atoms with van der Waals surface area (Å²) in [5, 5.41) is 25.6. The Bertz CT molecular complexity index is 866. The van der Waals surface area contributed by atoms with E-state index in [2.05, 4.69) is 20.3 Å². The first-order valence-corrected chi connectivity index (χ1v) is 6.42. The van der Waals surface area contributed by atoms with Crippen LogP contribution in [0.15, 0.2) is 17.3 Å². The van der Waals surface area contributed by atoms with Gasteiger partial charge in [0.1, 0.15) is 12.3 Å². The normalized spacial score (nSPS) is 26.1. The van der Waals surface area contributed by atoms with Crippen LogP contribution in [0.5, 0.6) is 0 Å². The van der Waals surface area contributed by atoms with Gasteiger partial charge in [-0.1, -0.05) is 0 Å². The zero-order valence-electron chi connectivity index (χ0n) is 10.7. The second-order valence-electron chi connectivity index (χ2n) is 4.91. The van der Waals surface area contributed by atoms with Gasteiger partial charge in [-0.3, -0.25) is 9.36 Å². The third-order valence-corrected chi connectivity index (χ3v) is 3.66. The first-order chi connectivity index (χ1) is 10.2. The molecule has 1 aliphatic heterocycles. The average molecular weight is 292 g/mol. The van der Waals surface area contributed by atoms with Crippen molar-refractivity contribution in [1.29, 1.82) is 0 Å². The molecular formula is C11H12N6O4. The van der Waals surface area contributed by atoms with Gasteiger partial charge in [-0.25, -0.2) is 14.7 Å². The molecule has 110 valence electrons. The number of H-pyrrole nitrogens is 1. The van der Waals surface area contributed by atoms with Gasteiger partial charge >= 0.3 is 5.56 Å². The van der Waals surface area contributed by atoms with Crippen LogP contribution in [0.3, 0.4) is 0 Å². The maximum absolute atomic E-state index is 11.9. The molecular weight excluding hydrogens is 280 g/mol. The summed E-state index contributed by atoms with van der Waals surface area (Å²) in [4.78, 5) is 19.9. The molecule has 4 heterocycles. The standard InChI is InChI=1S/C11H12N6O4/c18-3-6-5(19)1-8(21-6)16-4-12-9-10(20)14-7-2-13-15-17(7)11(9)16/h2,4-6,8,15,18-19H,1,3H2/t5?,6-,8-/m1/s1. The molecule has 0 saturated carbocycles. The van der Waals surface area contributed by atoms with E-state index < -0.39 is 24.0 Å². The van der Waals surface area contributed by atoms with Crippen LogP contribution in [0.1, 0.15) is 12.6 Å². The van der Waals surface area contributed by atoms with Gasteiger partial charge < -0.3 is 14.9 Å². The molecule has 0 bridgehead atoms. The molecule has 3 aromatic rings. The number of hydrogen-bond donors (Lipinski definition) is 3. The smallest absolute Gasteiger partial charge is 0.301 e. The lowest BCUT2D eigenvalue weighted by Crippen LogP contribution is -2.24. The molecule has 21 heavy (non-hydrogen) atoms. The van der Waals surface area contributed by atoms with Crippen LogP contribution in [-0.2, 0) is 4.74 Å². The fraction of sp³-hybridized carbons (Fsp3) is 0.455. The summed E-state index contributed by atoms with van der Waals surface area (Å²) >= 11 is 0. The lowest BCUT2D eigenvalue weighted by atomic mass is 10.2. The van der Waals surface area contributed by atoms with Gasteiger partial charge in [0.25, 0.3) is 0 Å². The van der Waals surface area contributed by atoms with Crippen molar-refractivity contribution < 1.29 is 14.9 Å². The monoisotopic (exact) mass is 292 g/mol. The molecule has 0 radical (unpaired) electrons. The van der Waals surface area contributed by atoms with E-state index in [0.29, 0.717) is 17.7 Å². The summed E-state index contributed by atoms with van der Waals surface area (Å²) < 4.78 is 8.74. The molecule has 0 spiro atoms. The largest absolute Gasteiger partial charge is 0.394 e. The average Bonchev–Trinajstić information content (AvgIpc) is 3.14. The molecule has 4 rings (SSSR count). The Morgan fingerprint density at radius 2 is 2.38 bits per heavy atom. The van der Waals surface area contributed by atoms with E-state index in [-0.39, 0.29) is 12.1 Å². The van der Waals surface area contributed by atoms with E-state index in [9.17, 15) is 9.90 Å². The van der Waals surface area contributed by atoms with Gasteiger partial charge in [0.15, 0.2) is 16.8 Å². The summed E-state index contributed by atoms with van der Waals surface area (Å²) in [6, 6.07) is 0. The van der Waals surface area contributed by atoms with Gasteiger partial charge in [-0.2, -0.15) is 10.1 Å². The van der Waals surface area contributed by atoms with Crippen molar-refractivity contribution in [1.82, 2.24) is 29.4 Å². The quantitative estimate of drug-likeness (QED) is 0.519. The highest BCUT2D eigenvalue weighted by molar-refractivity contribution is 5.72. The van der Waals surface area contributed by atoms with Gasteiger partial charge in [-0.15, -0.1) is 0 Å². The van der Waals surface area contributed by atoms with Gasteiger partial charge in [0, 0.05) is 6.42 Å². The number of ether oxygens (including phenoxy) is 1. The first kappa shape index (κ1) is 12.4. The fourth-order valence-corrected chi connectivity index (χ4v) is 2.63. The number of aliphatic hydroxyl groups excluding tert-OH is 2. The van der Waals surface area contributed by atoms with Gasteiger partial charge in [0.2, 0.25) is 0 Å². The summed E-state index contributed by atoms with van der Waals surface area (Å²) in [7, 11) is 0. The number of rotatable bonds is 2. The number of hydrogen-bond acceptors (Lipinski definition) is 7. The molecule has 1 aliphatic rings. The fourth-order valence-electron chi connectivity index (χ4n) is 2.63.